The minimum atomic E-state index is -0.148. The van der Waals surface area contributed by atoms with Crippen molar-refractivity contribution in [2.75, 3.05) is 13.1 Å². The fourth-order valence-electron chi connectivity index (χ4n) is 1.90. The van der Waals surface area contributed by atoms with Crippen LogP contribution in [0.4, 0.5) is 0 Å². The summed E-state index contributed by atoms with van der Waals surface area (Å²) in [6, 6.07) is 7.35. The second kappa shape index (κ2) is 7.86. The molecule has 22 heavy (non-hydrogen) atoms. The fraction of sp³-hybridized carbons (Fsp3) is 0.429. The number of hydrogen-bond acceptors (Lipinski definition) is 5. The van der Waals surface area contributed by atoms with Crippen LogP contribution in [0.5, 0.6) is 0 Å². The highest BCUT2D eigenvalue weighted by Crippen LogP contribution is 2.16. The minimum Gasteiger partial charge on any atom is -0.353 e. The zero-order chi connectivity index (χ0) is 15.9. The van der Waals surface area contributed by atoms with Crippen molar-refractivity contribution in [1.82, 2.24) is 30.8 Å². The van der Waals surface area contributed by atoms with E-state index >= 15 is 0 Å². The lowest BCUT2D eigenvalue weighted by atomic mass is 10.2. The van der Waals surface area contributed by atoms with Crippen molar-refractivity contribution in [2.24, 2.45) is 0 Å². The lowest BCUT2D eigenvalue weighted by molar-refractivity contribution is -0.122. The van der Waals surface area contributed by atoms with Crippen LogP contribution in [0.1, 0.15) is 13.8 Å². The number of amides is 1. The van der Waals surface area contributed by atoms with Gasteiger partial charge in [-0.25, -0.2) is 0 Å². The van der Waals surface area contributed by atoms with Gasteiger partial charge in [-0.15, -0.1) is 10.2 Å². The van der Waals surface area contributed by atoms with Crippen molar-refractivity contribution >= 4 is 17.5 Å². The van der Waals surface area contributed by atoms with Crippen LogP contribution in [-0.4, -0.2) is 45.2 Å². The van der Waals surface area contributed by atoms with E-state index in [1.54, 1.807) is 12.1 Å². The molecule has 0 spiro atoms. The van der Waals surface area contributed by atoms with Gasteiger partial charge in [-0.2, -0.15) is 4.80 Å². The van der Waals surface area contributed by atoms with E-state index in [1.165, 1.54) is 4.80 Å². The van der Waals surface area contributed by atoms with Gasteiger partial charge in [0.1, 0.15) is 6.54 Å². The summed E-state index contributed by atoms with van der Waals surface area (Å²) in [7, 11) is 0. The Bertz CT molecular complexity index is 612. The van der Waals surface area contributed by atoms with E-state index in [0.717, 1.165) is 12.1 Å². The van der Waals surface area contributed by atoms with Crippen LogP contribution in [0.3, 0.4) is 0 Å². The molecule has 1 heterocycles. The summed E-state index contributed by atoms with van der Waals surface area (Å²) in [5.41, 5.74) is 0.803. The number of aromatic nitrogens is 4. The summed E-state index contributed by atoms with van der Waals surface area (Å²) >= 11 is 5.84. The predicted octanol–water partition coefficient (Wildman–Crippen LogP) is 1.11. The Morgan fingerprint density at radius 1 is 1.36 bits per heavy atom. The smallest absolute Gasteiger partial charge is 0.243 e. The van der Waals surface area contributed by atoms with Crippen molar-refractivity contribution in [3.63, 3.8) is 0 Å². The highest BCUT2D eigenvalue weighted by Gasteiger charge is 2.10. The van der Waals surface area contributed by atoms with Gasteiger partial charge in [-0.05, 0) is 42.9 Å². The zero-order valence-corrected chi connectivity index (χ0v) is 13.3. The third-order valence-corrected chi connectivity index (χ3v) is 3.25. The predicted molar refractivity (Wildman–Crippen MR) is 84.4 cm³/mol. The standard InChI is InChI=1S/C14H19ClN6O/c1-3-16-10(2)8-17-13(22)9-21-19-14(18-20-21)11-4-6-12(15)7-5-11/h4-7,10,16H,3,8-9H2,1-2H3,(H,17,22)/t10-/m1/s1. The number of carbonyl (C=O) groups is 1. The third kappa shape index (κ3) is 4.78. The first-order valence-corrected chi connectivity index (χ1v) is 7.50. The van der Waals surface area contributed by atoms with E-state index in [0.29, 0.717) is 17.4 Å². The molecule has 1 amide bonds. The van der Waals surface area contributed by atoms with Crippen LogP contribution in [-0.2, 0) is 11.3 Å². The van der Waals surface area contributed by atoms with Gasteiger partial charge in [0.05, 0.1) is 0 Å². The maximum Gasteiger partial charge on any atom is 0.243 e. The highest BCUT2D eigenvalue weighted by atomic mass is 35.5. The Labute approximate surface area is 134 Å². The minimum absolute atomic E-state index is 0.0411. The Balaban J connectivity index is 1.89. The van der Waals surface area contributed by atoms with E-state index < -0.39 is 0 Å². The average Bonchev–Trinajstić information content (AvgIpc) is 2.95. The van der Waals surface area contributed by atoms with Crippen molar-refractivity contribution in [1.29, 1.82) is 0 Å². The Hall–Kier alpha value is -1.99. The van der Waals surface area contributed by atoms with Crippen molar-refractivity contribution in [3.8, 4) is 11.4 Å². The number of benzene rings is 1. The molecule has 8 heteroatoms. The molecule has 7 nitrogen and oxygen atoms in total. The van der Waals surface area contributed by atoms with Crippen LogP contribution in [0, 0.1) is 0 Å². The van der Waals surface area contributed by atoms with E-state index in [1.807, 2.05) is 26.0 Å². The van der Waals surface area contributed by atoms with Crippen LogP contribution in [0.2, 0.25) is 5.02 Å². The van der Waals surface area contributed by atoms with Crippen LogP contribution in [0.25, 0.3) is 11.4 Å². The van der Waals surface area contributed by atoms with Gasteiger partial charge in [-0.1, -0.05) is 18.5 Å². The molecule has 118 valence electrons. The number of tetrazole rings is 1. The molecule has 0 saturated heterocycles. The van der Waals surface area contributed by atoms with Gasteiger partial charge >= 0.3 is 0 Å². The zero-order valence-electron chi connectivity index (χ0n) is 12.6. The van der Waals surface area contributed by atoms with Crippen LogP contribution < -0.4 is 10.6 Å². The molecular weight excluding hydrogens is 304 g/mol. The average molecular weight is 323 g/mol. The maximum absolute atomic E-state index is 11.8. The molecule has 0 radical (unpaired) electrons. The third-order valence-electron chi connectivity index (χ3n) is 3.00. The quantitative estimate of drug-likeness (QED) is 0.797. The molecule has 0 aliphatic heterocycles. The molecule has 0 aliphatic carbocycles. The molecule has 1 aromatic carbocycles. The molecule has 1 aromatic heterocycles. The lowest BCUT2D eigenvalue weighted by Crippen LogP contribution is -2.40. The molecule has 0 bridgehead atoms. The molecule has 0 saturated carbocycles. The van der Waals surface area contributed by atoms with E-state index in [-0.39, 0.29) is 18.5 Å². The van der Waals surface area contributed by atoms with Crippen LogP contribution in [0.15, 0.2) is 24.3 Å². The summed E-state index contributed by atoms with van der Waals surface area (Å²) < 4.78 is 0. The van der Waals surface area contributed by atoms with E-state index in [4.69, 9.17) is 11.6 Å². The number of rotatable bonds is 7. The number of likely N-dealkylation sites (N-methyl/N-ethyl adjacent to an activating group) is 1. The summed E-state index contributed by atoms with van der Waals surface area (Å²) in [4.78, 5) is 13.1. The molecule has 0 aliphatic rings. The Morgan fingerprint density at radius 3 is 2.77 bits per heavy atom. The molecule has 0 fully saturated rings. The van der Waals surface area contributed by atoms with Crippen molar-refractivity contribution in [3.05, 3.63) is 29.3 Å². The summed E-state index contributed by atoms with van der Waals surface area (Å²) in [5, 5.41) is 18.7. The van der Waals surface area contributed by atoms with Gasteiger partial charge in [-0.3, -0.25) is 4.79 Å². The summed E-state index contributed by atoms with van der Waals surface area (Å²) in [6.45, 7) is 5.50. The van der Waals surface area contributed by atoms with Gasteiger partial charge < -0.3 is 10.6 Å². The molecule has 2 rings (SSSR count). The molecular formula is C14H19ClN6O. The summed E-state index contributed by atoms with van der Waals surface area (Å²) in [6.07, 6.45) is 0. The van der Waals surface area contributed by atoms with Crippen LogP contribution >= 0.6 is 11.6 Å². The molecule has 1 atom stereocenters. The monoisotopic (exact) mass is 322 g/mol. The van der Waals surface area contributed by atoms with Gasteiger partial charge in [0.2, 0.25) is 11.7 Å². The van der Waals surface area contributed by atoms with E-state index in [2.05, 4.69) is 26.0 Å². The highest BCUT2D eigenvalue weighted by molar-refractivity contribution is 6.30. The molecule has 2 aromatic rings. The Kier molecular flexibility index (Phi) is 5.85. The first kappa shape index (κ1) is 16.4. The van der Waals surface area contributed by atoms with Gasteiger partial charge in [0.15, 0.2) is 0 Å². The number of halogens is 1. The molecule has 2 N–H and O–H groups in total. The van der Waals surface area contributed by atoms with Crippen molar-refractivity contribution in [2.45, 2.75) is 26.4 Å². The topological polar surface area (TPSA) is 84.7 Å². The lowest BCUT2D eigenvalue weighted by Gasteiger charge is -2.12. The maximum atomic E-state index is 11.8. The normalized spacial score (nSPS) is 12.1. The Morgan fingerprint density at radius 2 is 2.09 bits per heavy atom. The number of nitrogens with one attached hydrogen (secondary N) is 2. The largest absolute Gasteiger partial charge is 0.353 e. The number of nitrogens with zero attached hydrogens (tertiary/aromatic N) is 4. The first-order chi connectivity index (χ1) is 10.6. The second-order valence-corrected chi connectivity index (χ2v) is 5.35. The molecule has 0 unspecified atom stereocenters. The SMILES string of the molecule is CCN[C@H](C)CNC(=O)Cn1nnc(-c2ccc(Cl)cc2)n1. The number of hydrogen-bond donors (Lipinski definition) is 2. The van der Waals surface area contributed by atoms with Gasteiger partial charge in [0, 0.05) is 23.2 Å². The summed E-state index contributed by atoms with van der Waals surface area (Å²) in [5.74, 6) is 0.315. The van der Waals surface area contributed by atoms with Crippen molar-refractivity contribution < 1.29 is 4.79 Å². The number of carbonyl (C=O) groups excluding carboxylic acids is 1. The van der Waals surface area contributed by atoms with Gasteiger partial charge in [0.25, 0.3) is 0 Å². The van der Waals surface area contributed by atoms with E-state index in [9.17, 15) is 4.79 Å². The second-order valence-electron chi connectivity index (χ2n) is 4.91. The fourth-order valence-corrected chi connectivity index (χ4v) is 2.02. The first-order valence-electron chi connectivity index (χ1n) is 7.12.